The van der Waals surface area contributed by atoms with Gasteiger partial charge in [-0.3, -0.25) is 4.79 Å². The van der Waals surface area contributed by atoms with Crippen molar-refractivity contribution in [3.63, 3.8) is 0 Å². The van der Waals surface area contributed by atoms with E-state index in [4.69, 9.17) is 11.5 Å². The van der Waals surface area contributed by atoms with Gasteiger partial charge in [-0.25, -0.2) is 18.4 Å². The van der Waals surface area contributed by atoms with E-state index in [1.54, 1.807) is 38.5 Å². The summed E-state index contributed by atoms with van der Waals surface area (Å²) in [6, 6.07) is 4.47. The average molecular weight is 362 g/mol. The molecular formula is C15H18N6O3S. The van der Waals surface area contributed by atoms with Gasteiger partial charge >= 0.3 is 0 Å². The Hall–Kier alpha value is -3.01. The predicted molar refractivity (Wildman–Crippen MR) is 94.5 cm³/mol. The van der Waals surface area contributed by atoms with E-state index in [0.717, 1.165) is 6.26 Å². The molecule has 132 valence electrons. The third-order valence-corrected chi connectivity index (χ3v) is 4.51. The molecule has 1 heterocycles. The Kier molecular flexibility index (Phi) is 5.02. The first-order chi connectivity index (χ1) is 11.6. The van der Waals surface area contributed by atoms with E-state index in [0.29, 0.717) is 17.2 Å². The number of aryl methyl sites for hydroxylation is 1. The van der Waals surface area contributed by atoms with Crippen LogP contribution in [0.25, 0.3) is 0 Å². The Morgan fingerprint density at radius 2 is 1.80 bits per heavy atom. The summed E-state index contributed by atoms with van der Waals surface area (Å²) in [6.07, 6.45) is 4.14. The number of benzene rings is 1. The van der Waals surface area contributed by atoms with Crippen LogP contribution in [0.5, 0.6) is 0 Å². The van der Waals surface area contributed by atoms with E-state index in [2.05, 4.69) is 15.0 Å². The molecule has 4 N–H and O–H groups in total. The van der Waals surface area contributed by atoms with Gasteiger partial charge in [0.15, 0.2) is 15.8 Å². The lowest BCUT2D eigenvalue weighted by Crippen LogP contribution is -2.24. The number of hydrogen-bond acceptors (Lipinski definition) is 6. The normalized spacial score (nSPS) is 11.0. The van der Waals surface area contributed by atoms with Crippen molar-refractivity contribution in [2.75, 3.05) is 18.2 Å². The van der Waals surface area contributed by atoms with Crippen molar-refractivity contribution in [2.24, 2.45) is 16.5 Å². The highest BCUT2D eigenvalue weighted by atomic mass is 32.2. The minimum absolute atomic E-state index is 0.0535. The number of nitrogens with zero attached hydrogens (tertiary/aromatic N) is 4. The van der Waals surface area contributed by atoms with Crippen molar-refractivity contribution in [1.29, 1.82) is 0 Å². The molecule has 10 heteroatoms. The zero-order chi connectivity index (χ0) is 18.8. The van der Waals surface area contributed by atoms with Crippen molar-refractivity contribution in [3.05, 3.63) is 41.7 Å². The molecule has 0 unspecified atom stereocenters. The van der Waals surface area contributed by atoms with Crippen LogP contribution in [0.2, 0.25) is 0 Å². The number of carbonyl (C=O) groups excluding carboxylic acids is 1. The summed E-state index contributed by atoms with van der Waals surface area (Å²) in [5.74, 6) is -0.799. The number of anilines is 2. The van der Waals surface area contributed by atoms with Gasteiger partial charge in [0.2, 0.25) is 5.95 Å². The largest absolute Gasteiger partial charge is 0.370 e. The topological polar surface area (TPSA) is 145 Å². The quantitative estimate of drug-likeness (QED) is 0.586. The molecule has 0 aliphatic rings. The van der Waals surface area contributed by atoms with Crippen molar-refractivity contribution < 1.29 is 13.2 Å². The van der Waals surface area contributed by atoms with Gasteiger partial charge in [-0.15, -0.1) is 0 Å². The van der Waals surface area contributed by atoms with Crippen LogP contribution in [0.4, 0.5) is 11.6 Å². The zero-order valence-corrected chi connectivity index (χ0v) is 14.8. The van der Waals surface area contributed by atoms with Gasteiger partial charge in [-0.1, -0.05) is 0 Å². The molecule has 1 aromatic carbocycles. The van der Waals surface area contributed by atoms with Crippen LogP contribution >= 0.6 is 0 Å². The first kappa shape index (κ1) is 18.3. The van der Waals surface area contributed by atoms with E-state index in [9.17, 15) is 13.2 Å². The Morgan fingerprint density at radius 1 is 1.20 bits per heavy atom. The molecule has 0 saturated heterocycles. The summed E-state index contributed by atoms with van der Waals surface area (Å²) in [5, 5.41) is 0. The molecule has 0 radical (unpaired) electrons. The van der Waals surface area contributed by atoms with E-state index >= 15 is 0 Å². The van der Waals surface area contributed by atoms with Gasteiger partial charge in [-0.2, -0.15) is 4.99 Å². The third kappa shape index (κ3) is 4.10. The fraction of sp³-hybridized carbons (Fsp3) is 0.200. The maximum absolute atomic E-state index is 12.2. The number of hydrogen-bond donors (Lipinski definition) is 2. The fourth-order valence-corrected chi connectivity index (χ4v) is 3.12. The predicted octanol–water partition coefficient (Wildman–Crippen LogP) is 0.370. The minimum atomic E-state index is -3.65. The van der Waals surface area contributed by atoms with Crippen LogP contribution in [0.15, 0.2) is 40.5 Å². The van der Waals surface area contributed by atoms with Crippen molar-refractivity contribution in [2.45, 2.75) is 11.8 Å². The lowest BCUT2D eigenvalue weighted by Gasteiger charge is -2.21. The van der Waals surface area contributed by atoms with Crippen LogP contribution < -0.4 is 16.4 Å². The van der Waals surface area contributed by atoms with Crippen LogP contribution in [-0.4, -0.2) is 43.6 Å². The van der Waals surface area contributed by atoms with Crippen molar-refractivity contribution >= 4 is 33.3 Å². The fourth-order valence-electron chi connectivity index (χ4n) is 2.21. The Balaban J connectivity index is 2.68. The molecule has 0 bridgehead atoms. The van der Waals surface area contributed by atoms with E-state index in [-0.39, 0.29) is 10.5 Å². The van der Waals surface area contributed by atoms with E-state index in [1.807, 2.05) is 0 Å². The number of guanidine groups is 1. The summed E-state index contributed by atoms with van der Waals surface area (Å²) in [4.78, 5) is 25.3. The molecule has 0 atom stereocenters. The van der Waals surface area contributed by atoms with E-state index in [1.165, 1.54) is 11.0 Å². The van der Waals surface area contributed by atoms with E-state index < -0.39 is 21.7 Å². The Bertz CT molecular complexity index is 937. The lowest BCUT2D eigenvalue weighted by atomic mass is 10.1. The highest BCUT2D eigenvalue weighted by Crippen LogP contribution is 2.31. The SMILES string of the molecule is Cc1cc(N(C)c2ncccn2)c(S(C)(=O)=O)cc1C(=O)N=C(N)N. The molecule has 2 aromatic rings. The second-order valence-corrected chi connectivity index (χ2v) is 7.34. The number of aromatic nitrogens is 2. The number of aliphatic imine (C=N–C) groups is 1. The highest BCUT2D eigenvalue weighted by molar-refractivity contribution is 7.90. The number of rotatable bonds is 4. The minimum Gasteiger partial charge on any atom is -0.370 e. The first-order valence-corrected chi connectivity index (χ1v) is 9.00. The molecule has 1 amide bonds. The summed E-state index contributed by atoms with van der Waals surface area (Å²) < 4.78 is 24.5. The van der Waals surface area contributed by atoms with Crippen LogP contribution in [-0.2, 0) is 9.84 Å². The van der Waals surface area contributed by atoms with Crippen molar-refractivity contribution in [1.82, 2.24) is 9.97 Å². The molecule has 2 rings (SSSR count). The summed E-state index contributed by atoms with van der Waals surface area (Å²) in [5.41, 5.74) is 11.4. The van der Waals surface area contributed by atoms with Crippen LogP contribution in [0.3, 0.4) is 0 Å². The maximum Gasteiger partial charge on any atom is 0.280 e. The van der Waals surface area contributed by atoms with Gasteiger partial charge in [-0.05, 0) is 30.7 Å². The van der Waals surface area contributed by atoms with Crippen molar-refractivity contribution in [3.8, 4) is 0 Å². The van der Waals surface area contributed by atoms with Gasteiger partial charge < -0.3 is 16.4 Å². The van der Waals surface area contributed by atoms with Gasteiger partial charge in [0, 0.05) is 31.3 Å². The van der Waals surface area contributed by atoms with Gasteiger partial charge in [0.25, 0.3) is 5.91 Å². The first-order valence-electron chi connectivity index (χ1n) is 7.10. The molecule has 0 aliphatic carbocycles. The molecule has 0 saturated carbocycles. The van der Waals surface area contributed by atoms with Gasteiger partial charge in [0.05, 0.1) is 10.6 Å². The molecule has 0 aliphatic heterocycles. The number of nitrogens with two attached hydrogens (primary N) is 2. The molecule has 9 nitrogen and oxygen atoms in total. The number of sulfone groups is 1. The molecular weight excluding hydrogens is 344 g/mol. The Morgan fingerprint density at radius 3 is 2.32 bits per heavy atom. The van der Waals surface area contributed by atoms with Gasteiger partial charge in [0.1, 0.15) is 0 Å². The molecule has 0 spiro atoms. The standard InChI is InChI=1S/C15H18N6O3S/c1-9-7-11(21(2)15-18-5-4-6-19-15)12(25(3,23)24)8-10(9)13(22)20-14(16)17/h4-8H,1-3H3,(H4,16,17,20,22). The monoisotopic (exact) mass is 362 g/mol. The lowest BCUT2D eigenvalue weighted by molar-refractivity contribution is 0.100. The number of amides is 1. The smallest absolute Gasteiger partial charge is 0.280 e. The highest BCUT2D eigenvalue weighted by Gasteiger charge is 2.22. The molecule has 25 heavy (non-hydrogen) atoms. The molecule has 0 fully saturated rings. The maximum atomic E-state index is 12.2. The van der Waals surface area contributed by atoms with Crippen LogP contribution in [0, 0.1) is 6.92 Å². The summed E-state index contributed by atoms with van der Waals surface area (Å²) in [6.45, 7) is 1.66. The second-order valence-electron chi connectivity index (χ2n) is 5.36. The molecule has 1 aromatic heterocycles. The second kappa shape index (κ2) is 6.85. The Labute approximate surface area is 145 Å². The average Bonchev–Trinajstić information content (AvgIpc) is 2.52. The third-order valence-electron chi connectivity index (χ3n) is 3.38. The zero-order valence-electron chi connectivity index (χ0n) is 14.0. The summed E-state index contributed by atoms with van der Waals surface area (Å²) in [7, 11) is -2.01. The summed E-state index contributed by atoms with van der Waals surface area (Å²) >= 11 is 0. The number of carbonyl (C=O) groups is 1. The van der Waals surface area contributed by atoms with Crippen LogP contribution in [0.1, 0.15) is 15.9 Å².